The molecule has 1 saturated carbocycles. The maximum atomic E-state index is 13.3. The van der Waals surface area contributed by atoms with Gasteiger partial charge in [-0.05, 0) is 64.0 Å². The van der Waals surface area contributed by atoms with Gasteiger partial charge in [-0.2, -0.15) is 0 Å². The van der Waals surface area contributed by atoms with Gasteiger partial charge in [0.05, 0.1) is 45.3 Å². The number of aromatic carboxylic acids is 1. The first-order chi connectivity index (χ1) is 22.2. The molecule has 13 heteroatoms. The van der Waals surface area contributed by atoms with Crippen LogP contribution in [-0.4, -0.2) is 96.2 Å². The predicted molar refractivity (Wildman–Crippen MR) is 179 cm³/mol. The molecule has 46 heavy (non-hydrogen) atoms. The summed E-state index contributed by atoms with van der Waals surface area (Å²) >= 11 is 13.3. The summed E-state index contributed by atoms with van der Waals surface area (Å²) in [4.78, 5) is 41.3. The van der Waals surface area contributed by atoms with E-state index in [1.165, 1.54) is 6.20 Å². The third kappa shape index (κ3) is 6.09. The Morgan fingerprint density at radius 1 is 1.15 bits per heavy atom. The molecule has 1 N–H and O–H groups in total. The standard InChI is InChI=1S/C33H36Cl2N6O5/c1-38(2)21-15-39(16-21)29-9-5-19(14-36-29)41-17-24(33(43)44)31(42)23-12-26(35)28(13-27(23)41)40-11-3-4-20(40)18-45-32-25(34)8-10-30(37-32)46-22-6-7-22/h5,8-9,12-14,17,20-22,30H,3-4,6-7,10-11,15-16,18H2,1-2H3,(H,43,44)/t20-,30?/m1/s1. The minimum absolute atomic E-state index is 0.0197. The third-order valence-corrected chi connectivity index (χ3v) is 9.79. The first kappa shape index (κ1) is 31.0. The molecular weight excluding hydrogens is 631 g/mol. The molecule has 3 aromatic rings. The predicted octanol–water partition coefficient (Wildman–Crippen LogP) is 4.90. The molecule has 0 radical (unpaired) electrons. The van der Waals surface area contributed by atoms with Crippen molar-refractivity contribution in [2.24, 2.45) is 4.99 Å². The average Bonchev–Trinajstić information content (AvgIpc) is 3.70. The van der Waals surface area contributed by atoms with E-state index in [2.05, 4.69) is 38.8 Å². The van der Waals surface area contributed by atoms with Crippen molar-refractivity contribution in [2.75, 3.05) is 50.1 Å². The second-order valence-electron chi connectivity index (χ2n) is 12.6. The lowest BCUT2D eigenvalue weighted by atomic mass is 10.1. The molecule has 4 aliphatic rings. The van der Waals surface area contributed by atoms with Crippen molar-refractivity contribution in [3.05, 3.63) is 68.6 Å². The molecular formula is C33H36Cl2N6O5. The summed E-state index contributed by atoms with van der Waals surface area (Å²) in [6, 6.07) is 7.70. The van der Waals surface area contributed by atoms with Crippen LogP contribution in [0.3, 0.4) is 0 Å². The number of carboxylic acid groups (broad SMARTS) is 1. The number of carboxylic acids is 1. The van der Waals surface area contributed by atoms with Crippen LogP contribution >= 0.6 is 23.2 Å². The summed E-state index contributed by atoms with van der Waals surface area (Å²) in [5.41, 5.74) is 0.975. The van der Waals surface area contributed by atoms with Crippen molar-refractivity contribution < 1.29 is 19.4 Å². The lowest BCUT2D eigenvalue weighted by molar-refractivity contribution is 0.0450. The molecule has 242 valence electrons. The molecule has 3 aliphatic heterocycles. The number of likely N-dealkylation sites (N-methyl/N-ethyl adjacent to an activating group) is 1. The van der Waals surface area contributed by atoms with E-state index in [1.54, 1.807) is 16.8 Å². The number of hydrogen-bond acceptors (Lipinski definition) is 9. The molecule has 7 rings (SSSR count). The van der Waals surface area contributed by atoms with Crippen LogP contribution in [0.2, 0.25) is 5.02 Å². The van der Waals surface area contributed by atoms with Crippen LogP contribution in [0.15, 0.2) is 57.6 Å². The highest BCUT2D eigenvalue weighted by atomic mass is 35.5. The van der Waals surface area contributed by atoms with Gasteiger partial charge in [0.1, 0.15) is 18.0 Å². The van der Waals surface area contributed by atoms with E-state index in [0.717, 1.165) is 56.8 Å². The maximum Gasteiger partial charge on any atom is 0.341 e. The number of hydrogen-bond donors (Lipinski definition) is 1. The minimum atomic E-state index is -1.31. The van der Waals surface area contributed by atoms with Crippen molar-refractivity contribution in [1.29, 1.82) is 0 Å². The Hall–Kier alpha value is -3.64. The normalized spacial score (nSPS) is 21.8. The quantitative estimate of drug-likeness (QED) is 0.341. The Kier molecular flexibility index (Phi) is 8.43. The number of nitrogens with zero attached hydrogens (tertiary/aromatic N) is 6. The van der Waals surface area contributed by atoms with Gasteiger partial charge in [-0.3, -0.25) is 4.79 Å². The average molecular weight is 668 g/mol. The molecule has 1 aromatic carbocycles. The van der Waals surface area contributed by atoms with Crippen molar-refractivity contribution in [3.8, 4) is 5.69 Å². The SMILES string of the molecule is CN(C)C1CN(c2ccc(-n3cc(C(=O)O)c(=O)c4cc(Cl)c(N5CCC[C@@H]5COC5=NC(OC6CC6)CC=C5Cl)cc43)cn2)C1. The van der Waals surface area contributed by atoms with E-state index in [0.29, 0.717) is 46.2 Å². The first-order valence-corrected chi connectivity index (χ1v) is 16.4. The van der Waals surface area contributed by atoms with Crippen LogP contribution in [0.25, 0.3) is 16.6 Å². The van der Waals surface area contributed by atoms with Gasteiger partial charge in [0, 0.05) is 43.7 Å². The summed E-state index contributed by atoms with van der Waals surface area (Å²) in [7, 11) is 4.13. The van der Waals surface area contributed by atoms with Crippen LogP contribution in [0.1, 0.15) is 42.5 Å². The molecule has 3 fully saturated rings. The Labute approximate surface area is 276 Å². The molecule has 0 bridgehead atoms. The van der Waals surface area contributed by atoms with Crippen molar-refractivity contribution in [3.63, 3.8) is 0 Å². The fourth-order valence-electron chi connectivity index (χ4n) is 6.25. The Bertz CT molecular complexity index is 1780. The second-order valence-corrected chi connectivity index (χ2v) is 13.4. The van der Waals surface area contributed by atoms with Gasteiger partial charge in [0.15, 0.2) is 6.23 Å². The monoisotopic (exact) mass is 666 g/mol. The lowest BCUT2D eigenvalue weighted by Crippen LogP contribution is -2.57. The van der Waals surface area contributed by atoms with E-state index < -0.39 is 11.4 Å². The molecule has 0 amide bonds. The lowest BCUT2D eigenvalue weighted by Gasteiger charge is -2.43. The molecule has 2 saturated heterocycles. The number of dihydropyridines is 1. The van der Waals surface area contributed by atoms with Gasteiger partial charge in [-0.1, -0.05) is 29.3 Å². The number of aliphatic imine (C=N–C) groups is 1. The van der Waals surface area contributed by atoms with Crippen molar-refractivity contribution in [2.45, 2.75) is 56.5 Å². The highest BCUT2D eigenvalue weighted by Crippen LogP contribution is 2.36. The number of fused-ring (bicyclic) bond motifs is 1. The number of halogens is 2. The van der Waals surface area contributed by atoms with Crippen LogP contribution in [0.4, 0.5) is 11.5 Å². The molecule has 0 spiro atoms. The molecule has 2 aromatic heterocycles. The van der Waals surface area contributed by atoms with Gasteiger partial charge in [-0.15, -0.1) is 0 Å². The number of aromatic nitrogens is 2. The van der Waals surface area contributed by atoms with Gasteiger partial charge in [0.2, 0.25) is 11.3 Å². The van der Waals surface area contributed by atoms with Crippen molar-refractivity contribution in [1.82, 2.24) is 14.5 Å². The molecule has 5 heterocycles. The largest absolute Gasteiger partial charge is 0.477 e. The van der Waals surface area contributed by atoms with Gasteiger partial charge >= 0.3 is 5.97 Å². The smallest absolute Gasteiger partial charge is 0.341 e. The number of carbonyl (C=O) groups is 1. The van der Waals surface area contributed by atoms with Gasteiger partial charge in [0.25, 0.3) is 0 Å². The Balaban J connectivity index is 1.18. The fourth-order valence-corrected chi connectivity index (χ4v) is 6.72. The zero-order valence-corrected chi connectivity index (χ0v) is 27.2. The number of rotatable bonds is 9. The topological polar surface area (TPSA) is 113 Å². The van der Waals surface area contributed by atoms with E-state index in [9.17, 15) is 14.7 Å². The first-order valence-electron chi connectivity index (χ1n) is 15.6. The number of ether oxygens (including phenoxy) is 2. The highest BCUT2D eigenvalue weighted by Gasteiger charge is 2.32. The van der Waals surface area contributed by atoms with E-state index in [4.69, 9.17) is 32.7 Å². The second kappa shape index (κ2) is 12.5. The Morgan fingerprint density at radius 2 is 1.96 bits per heavy atom. The van der Waals surface area contributed by atoms with E-state index >= 15 is 0 Å². The maximum absolute atomic E-state index is 13.3. The van der Waals surface area contributed by atoms with Crippen LogP contribution in [0, 0.1) is 0 Å². The molecule has 11 nitrogen and oxygen atoms in total. The van der Waals surface area contributed by atoms with Crippen LogP contribution < -0.4 is 15.2 Å². The zero-order valence-electron chi connectivity index (χ0n) is 25.7. The van der Waals surface area contributed by atoms with Gasteiger partial charge < -0.3 is 33.8 Å². The summed E-state index contributed by atoms with van der Waals surface area (Å²) < 4.78 is 13.8. The summed E-state index contributed by atoms with van der Waals surface area (Å²) in [6.07, 6.45) is 9.50. The highest BCUT2D eigenvalue weighted by molar-refractivity contribution is 6.42. The number of pyridine rings is 2. The molecule has 1 aliphatic carbocycles. The number of benzene rings is 1. The summed E-state index contributed by atoms with van der Waals surface area (Å²) in [5, 5.41) is 10.9. The van der Waals surface area contributed by atoms with E-state index in [-0.39, 0.29) is 29.3 Å². The van der Waals surface area contributed by atoms with E-state index in [1.807, 2.05) is 24.3 Å². The van der Waals surface area contributed by atoms with Crippen molar-refractivity contribution >= 4 is 57.5 Å². The summed E-state index contributed by atoms with van der Waals surface area (Å²) in [6.45, 7) is 2.85. The minimum Gasteiger partial charge on any atom is -0.477 e. The molecule has 2 atom stereocenters. The zero-order chi connectivity index (χ0) is 32.1. The van der Waals surface area contributed by atoms with Crippen LogP contribution in [-0.2, 0) is 9.47 Å². The Morgan fingerprint density at radius 3 is 2.65 bits per heavy atom. The number of anilines is 2. The summed E-state index contributed by atoms with van der Waals surface area (Å²) in [5.74, 6) is -0.0747. The third-order valence-electron chi connectivity index (χ3n) is 9.17. The fraction of sp³-hybridized carbons (Fsp3) is 0.455. The van der Waals surface area contributed by atoms with Gasteiger partial charge in [-0.25, -0.2) is 14.8 Å². The van der Waals surface area contributed by atoms with Crippen LogP contribution in [0.5, 0.6) is 0 Å². The molecule has 1 unspecified atom stereocenters.